The van der Waals surface area contributed by atoms with Crippen molar-refractivity contribution in [2.75, 3.05) is 6.61 Å². The van der Waals surface area contributed by atoms with Crippen LogP contribution in [0, 0.1) is 0 Å². The average molecular weight is 886 g/mol. The van der Waals surface area contributed by atoms with Gasteiger partial charge in [0.25, 0.3) is 0 Å². The van der Waals surface area contributed by atoms with E-state index in [1.165, 1.54) is 128 Å². The number of hydrogen-bond acceptors (Lipinski definition) is 3. The lowest BCUT2D eigenvalue weighted by atomic mass is 10.0. The molecule has 1 amide bonds. The van der Waals surface area contributed by atoms with Crippen LogP contribution in [0.2, 0.25) is 0 Å². The lowest BCUT2D eigenvalue weighted by Gasteiger charge is -2.19. The first kappa shape index (κ1) is 61.1. The molecule has 0 saturated carbocycles. The lowest BCUT2D eigenvalue weighted by Crippen LogP contribution is -2.45. The molecule has 0 aromatic heterocycles. The van der Waals surface area contributed by atoms with E-state index in [4.69, 9.17) is 0 Å². The maximum Gasteiger partial charge on any atom is 0.220 e. The minimum Gasteiger partial charge on any atom is -0.394 e. The SMILES string of the molecule is CC/C=C\C/C=C\C/C=C\C/C=C\C/C=C\C/C=C\CCCCCCC(=O)NC(CO)C(O)/C=C/CC/C=C/CC/C=C/CCCCCCCCCCCCCCCCCCCCC. The van der Waals surface area contributed by atoms with Gasteiger partial charge in [-0.1, -0.05) is 252 Å². The molecule has 0 aromatic carbocycles. The van der Waals surface area contributed by atoms with E-state index in [-0.39, 0.29) is 12.5 Å². The van der Waals surface area contributed by atoms with E-state index in [1.54, 1.807) is 6.08 Å². The molecule has 3 N–H and O–H groups in total. The molecule has 0 bridgehead atoms. The minimum atomic E-state index is -0.890. The molecular weight excluding hydrogens is 783 g/mol. The van der Waals surface area contributed by atoms with Gasteiger partial charge in [0.15, 0.2) is 0 Å². The summed E-state index contributed by atoms with van der Waals surface area (Å²) < 4.78 is 0. The zero-order chi connectivity index (χ0) is 46.3. The number of aliphatic hydroxyl groups excluding tert-OH is 2. The summed E-state index contributed by atoms with van der Waals surface area (Å²) in [6.07, 6.45) is 82.4. The maximum atomic E-state index is 12.4. The Morgan fingerprint density at radius 1 is 0.391 bits per heavy atom. The third-order valence-corrected chi connectivity index (χ3v) is 11.7. The second-order valence-electron chi connectivity index (χ2n) is 17.9. The van der Waals surface area contributed by atoms with Gasteiger partial charge in [-0.25, -0.2) is 0 Å². The summed E-state index contributed by atoms with van der Waals surface area (Å²) in [7, 11) is 0. The number of unbranched alkanes of at least 4 members (excludes halogenated alkanes) is 25. The number of rotatable bonds is 48. The summed E-state index contributed by atoms with van der Waals surface area (Å²) in [6, 6.07) is -0.669. The Bertz CT molecular complexity index is 1230. The Hall–Kier alpha value is -2.95. The van der Waals surface area contributed by atoms with Crippen LogP contribution in [-0.2, 0) is 4.79 Å². The van der Waals surface area contributed by atoms with E-state index in [1.807, 2.05) is 6.08 Å². The molecule has 0 radical (unpaired) electrons. The summed E-state index contributed by atoms with van der Waals surface area (Å²) >= 11 is 0. The molecule has 0 heterocycles. The molecule has 366 valence electrons. The highest BCUT2D eigenvalue weighted by Crippen LogP contribution is 2.15. The highest BCUT2D eigenvalue weighted by Gasteiger charge is 2.17. The van der Waals surface area contributed by atoms with Gasteiger partial charge >= 0.3 is 0 Å². The van der Waals surface area contributed by atoms with Gasteiger partial charge in [0, 0.05) is 6.42 Å². The molecule has 4 heteroatoms. The number of nitrogens with one attached hydrogen (secondary N) is 1. The van der Waals surface area contributed by atoms with Crippen LogP contribution >= 0.6 is 0 Å². The molecule has 0 fully saturated rings. The molecule has 0 saturated heterocycles. The van der Waals surface area contributed by atoms with Gasteiger partial charge in [0.2, 0.25) is 5.91 Å². The Morgan fingerprint density at radius 3 is 1.09 bits per heavy atom. The van der Waals surface area contributed by atoms with Crippen molar-refractivity contribution in [2.45, 2.75) is 257 Å². The van der Waals surface area contributed by atoms with Crippen LogP contribution in [0.4, 0.5) is 0 Å². The maximum absolute atomic E-state index is 12.4. The number of carbonyl (C=O) groups excluding carboxylic acids is 1. The second-order valence-corrected chi connectivity index (χ2v) is 17.9. The van der Waals surface area contributed by atoms with E-state index < -0.39 is 12.1 Å². The van der Waals surface area contributed by atoms with Gasteiger partial charge in [0.05, 0.1) is 18.8 Å². The lowest BCUT2D eigenvalue weighted by molar-refractivity contribution is -0.123. The molecule has 0 aromatic rings. The van der Waals surface area contributed by atoms with Crippen LogP contribution in [0.3, 0.4) is 0 Å². The van der Waals surface area contributed by atoms with Crippen molar-refractivity contribution in [3.05, 3.63) is 109 Å². The molecule has 2 atom stereocenters. The number of amides is 1. The summed E-state index contributed by atoms with van der Waals surface area (Å²) in [5.74, 6) is -0.106. The number of hydrogen-bond donors (Lipinski definition) is 3. The predicted octanol–water partition coefficient (Wildman–Crippen LogP) is 17.9. The normalized spacial score (nSPS) is 13.8. The highest BCUT2D eigenvalue weighted by molar-refractivity contribution is 5.76. The van der Waals surface area contributed by atoms with Crippen molar-refractivity contribution >= 4 is 5.91 Å². The number of carbonyl (C=O) groups is 1. The molecular formula is C60H103NO3. The van der Waals surface area contributed by atoms with Gasteiger partial charge in [0.1, 0.15) is 0 Å². The third kappa shape index (κ3) is 50.1. The first-order chi connectivity index (χ1) is 31.7. The standard InChI is InChI=1S/C60H103NO3/c1-3-5-7-9-11-13-15-17-19-21-23-25-27-28-29-30-31-32-34-35-37-39-41-43-45-47-49-51-53-55-59(63)58(57-62)61-60(64)56-54-52-50-48-46-44-42-40-38-36-33-26-24-22-20-18-16-14-12-10-8-6-4-2/h6,8,12,14,18,20,24,26,36-39,42,44-45,47,53,55,58-59,62-63H,3-5,7,9-11,13,15-17,19,21-23,25,27-35,40-41,43,46,48-52,54,56-57H2,1-2H3,(H,61,64)/b8-6-,14-12-,20-18-,26-24-,38-36-,39-37+,44-42-,47-45+,55-53+. The fourth-order valence-electron chi connectivity index (χ4n) is 7.63. The average Bonchev–Trinajstić information content (AvgIpc) is 3.30. The monoisotopic (exact) mass is 886 g/mol. The van der Waals surface area contributed by atoms with Crippen molar-refractivity contribution in [1.29, 1.82) is 0 Å². The molecule has 0 aliphatic carbocycles. The molecule has 2 unspecified atom stereocenters. The van der Waals surface area contributed by atoms with E-state index in [0.29, 0.717) is 6.42 Å². The smallest absolute Gasteiger partial charge is 0.220 e. The molecule has 64 heavy (non-hydrogen) atoms. The molecule has 0 aliphatic rings. The second kappa shape index (κ2) is 54.4. The van der Waals surface area contributed by atoms with Crippen molar-refractivity contribution in [3.8, 4) is 0 Å². The van der Waals surface area contributed by atoms with Crippen LogP contribution in [0.25, 0.3) is 0 Å². The summed E-state index contributed by atoms with van der Waals surface area (Å²) in [5.41, 5.74) is 0. The predicted molar refractivity (Wildman–Crippen MR) is 285 cm³/mol. The van der Waals surface area contributed by atoms with Gasteiger partial charge < -0.3 is 15.5 Å². The number of aliphatic hydroxyl groups is 2. The van der Waals surface area contributed by atoms with E-state index in [2.05, 4.69) is 116 Å². The van der Waals surface area contributed by atoms with Crippen LogP contribution in [0.15, 0.2) is 109 Å². The van der Waals surface area contributed by atoms with Crippen molar-refractivity contribution in [2.24, 2.45) is 0 Å². The Labute approximate surface area is 397 Å². The molecule has 0 spiro atoms. The van der Waals surface area contributed by atoms with Gasteiger partial charge in [-0.05, 0) is 96.3 Å². The zero-order valence-corrected chi connectivity index (χ0v) is 42.0. The largest absolute Gasteiger partial charge is 0.394 e. The summed E-state index contributed by atoms with van der Waals surface area (Å²) in [4.78, 5) is 12.4. The van der Waals surface area contributed by atoms with Gasteiger partial charge in [-0.3, -0.25) is 4.79 Å². The third-order valence-electron chi connectivity index (χ3n) is 11.7. The fourth-order valence-corrected chi connectivity index (χ4v) is 7.63. The van der Waals surface area contributed by atoms with E-state index >= 15 is 0 Å². The molecule has 4 nitrogen and oxygen atoms in total. The highest BCUT2D eigenvalue weighted by atomic mass is 16.3. The fraction of sp³-hybridized carbons (Fsp3) is 0.683. The Balaban J connectivity index is 3.66. The Morgan fingerprint density at radius 2 is 0.703 bits per heavy atom. The van der Waals surface area contributed by atoms with Gasteiger partial charge in [-0.2, -0.15) is 0 Å². The first-order valence-corrected chi connectivity index (χ1v) is 27.1. The quantitative estimate of drug-likeness (QED) is 0.0421. The molecule has 0 rings (SSSR count). The van der Waals surface area contributed by atoms with Crippen molar-refractivity contribution in [1.82, 2.24) is 5.32 Å². The van der Waals surface area contributed by atoms with Crippen LogP contribution < -0.4 is 5.32 Å². The van der Waals surface area contributed by atoms with Crippen LogP contribution in [0.5, 0.6) is 0 Å². The van der Waals surface area contributed by atoms with Crippen molar-refractivity contribution in [3.63, 3.8) is 0 Å². The van der Waals surface area contributed by atoms with Crippen LogP contribution in [-0.4, -0.2) is 34.9 Å². The van der Waals surface area contributed by atoms with E-state index in [0.717, 1.165) is 96.3 Å². The van der Waals surface area contributed by atoms with Crippen LogP contribution in [0.1, 0.15) is 245 Å². The summed E-state index contributed by atoms with van der Waals surface area (Å²) in [5, 5.41) is 23.1. The first-order valence-electron chi connectivity index (χ1n) is 27.1. The topological polar surface area (TPSA) is 69.6 Å². The minimum absolute atomic E-state index is 0.106. The van der Waals surface area contributed by atoms with E-state index in [9.17, 15) is 15.0 Å². The Kier molecular flexibility index (Phi) is 51.9. The number of allylic oxidation sites excluding steroid dienone is 17. The molecule has 0 aliphatic heterocycles. The zero-order valence-electron chi connectivity index (χ0n) is 42.0. The van der Waals surface area contributed by atoms with Crippen molar-refractivity contribution < 1.29 is 15.0 Å². The summed E-state index contributed by atoms with van der Waals surface area (Å²) in [6.45, 7) is 4.17. The van der Waals surface area contributed by atoms with Gasteiger partial charge in [-0.15, -0.1) is 0 Å².